The highest BCUT2D eigenvalue weighted by Gasteiger charge is 2.37. The quantitative estimate of drug-likeness (QED) is 0.194. The van der Waals surface area contributed by atoms with Crippen molar-refractivity contribution in [3.8, 4) is 33.5 Å². The van der Waals surface area contributed by atoms with Crippen molar-refractivity contribution in [1.82, 2.24) is 9.97 Å². The van der Waals surface area contributed by atoms with E-state index in [9.17, 15) is 26.3 Å². The van der Waals surface area contributed by atoms with Crippen molar-refractivity contribution in [1.29, 1.82) is 0 Å². The Balaban J connectivity index is 1.26. The van der Waals surface area contributed by atoms with Gasteiger partial charge in [-0.05, 0) is 82.1 Å². The third kappa shape index (κ3) is 4.86. The Bertz CT molecular complexity index is 2130. The van der Waals surface area contributed by atoms with E-state index in [0.717, 1.165) is 45.0 Å². The Morgan fingerprint density at radius 1 is 0.535 bits per heavy atom. The van der Waals surface area contributed by atoms with E-state index in [1.54, 1.807) is 24.5 Å². The summed E-state index contributed by atoms with van der Waals surface area (Å²) in [5.41, 5.74) is 1.65. The van der Waals surface area contributed by atoms with E-state index < -0.39 is 23.5 Å². The number of nitrogens with zero attached hydrogens (tertiary/aromatic N) is 2. The van der Waals surface area contributed by atoms with E-state index in [4.69, 9.17) is 4.42 Å². The van der Waals surface area contributed by atoms with E-state index >= 15 is 0 Å². The second-order valence-corrected chi connectivity index (χ2v) is 10.1. The molecule has 0 fully saturated rings. The van der Waals surface area contributed by atoms with Crippen molar-refractivity contribution in [2.45, 2.75) is 12.4 Å². The molecule has 0 spiro atoms. The van der Waals surface area contributed by atoms with Crippen LogP contribution in [0.5, 0.6) is 0 Å². The molecule has 3 aromatic heterocycles. The number of pyridine rings is 2. The van der Waals surface area contributed by atoms with Crippen molar-refractivity contribution in [3.63, 3.8) is 0 Å². The Labute approximate surface area is 240 Å². The van der Waals surface area contributed by atoms with Crippen LogP contribution in [0.15, 0.2) is 114 Å². The van der Waals surface area contributed by atoms with Crippen molar-refractivity contribution in [2.75, 3.05) is 0 Å². The molecule has 0 saturated carbocycles. The lowest BCUT2D eigenvalue weighted by molar-refractivity contribution is -0.143. The molecule has 9 heteroatoms. The Morgan fingerprint density at radius 2 is 1.19 bits per heavy atom. The number of fused-ring (bicyclic) bond motifs is 4. The summed E-state index contributed by atoms with van der Waals surface area (Å²) in [5, 5.41) is 3.28. The molecule has 0 saturated heterocycles. The van der Waals surface area contributed by atoms with Crippen LogP contribution in [-0.4, -0.2) is 9.97 Å². The highest BCUT2D eigenvalue weighted by Crippen LogP contribution is 2.40. The number of halogens is 6. The van der Waals surface area contributed by atoms with E-state index in [1.165, 1.54) is 6.07 Å². The van der Waals surface area contributed by atoms with Crippen molar-refractivity contribution in [2.24, 2.45) is 0 Å². The van der Waals surface area contributed by atoms with Crippen LogP contribution in [-0.2, 0) is 12.4 Å². The average Bonchev–Trinajstić information content (AvgIpc) is 3.38. The first-order valence-corrected chi connectivity index (χ1v) is 13.1. The summed E-state index contributed by atoms with van der Waals surface area (Å²) in [6.07, 6.45) is -6.47. The molecule has 3 nitrogen and oxygen atoms in total. The van der Waals surface area contributed by atoms with Gasteiger partial charge >= 0.3 is 12.4 Å². The van der Waals surface area contributed by atoms with E-state index in [-0.39, 0.29) is 17.2 Å². The summed E-state index contributed by atoms with van der Waals surface area (Å²) in [7, 11) is 0. The number of furan rings is 1. The molecule has 7 rings (SSSR count). The van der Waals surface area contributed by atoms with Crippen LogP contribution >= 0.6 is 0 Å². The lowest BCUT2D eigenvalue weighted by Gasteiger charge is -2.15. The molecule has 0 bridgehead atoms. The van der Waals surface area contributed by atoms with E-state index in [0.29, 0.717) is 22.4 Å². The molecule has 0 atom stereocenters. The van der Waals surface area contributed by atoms with Gasteiger partial charge in [-0.2, -0.15) is 26.3 Å². The first kappa shape index (κ1) is 26.7. The lowest BCUT2D eigenvalue weighted by Crippen LogP contribution is -2.11. The molecular weight excluding hydrogens is 566 g/mol. The van der Waals surface area contributed by atoms with Gasteiger partial charge in [-0.3, -0.25) is 4.98 Å². The molecule has 43 heavy (non-hydrogen) atoms. The average molecular weight is 585 g/mol. The molecule has 4 aromatic carbocycles. The molecule has 0 aliphatic carbocycles. The molecule has 0 amide bonds. The first-order chi connectivity index (χ1) is 20.5. The van der Waals surface area contributed by atoms with Gasteiger partial charge in [-0.25, -0.2) is 4.98 Å². The zero-order valence-corrected chi connectivity index (χ0v) is 22.0. The second kappa shape index (κ2) is 9.69. The molecular formula is C34H18F6N2O. The summed E-state index contributed by atoms with van der Waals surface area (Å²) >= 11 is 0. The highest BCUT2D eigenvalue weighted by molar-refractivity contribution is 6.08. The minimum atomic E-state index is -4.92. The molecule has 0 aliphatic rings. The van der Waals surface area contributed by atoms with Crippen LogP contribution in [0.1, 0.15) is 11.1 Å². The van der Waals surface area contributed by atoms with Gasteiger partial charge in [-0.15, -0.1) is 0 Å². The third-order valence-electron chi connectivity index (χ3n) is 7.41. The summed E-state index contributed by atoms with van der Waals surface area (Å²) in [4.78, 5) is 8.96. The summed E-state index contributed by atoms with van der Waals surface area (Å²) in [6, 6.07) is 25.3. The van der Waals surface area contributed by atoms with Crippen LogP contribution in [0.4, 0.5) is 26.3 Å². The van der Waals surface area contributed by atoms with Gasteiger partial charge in [0, 0.05) is 34.3 Å². The van der Waals surface area contributed by atoms with Gasteiger partial charge in [0.05, 0.1) is 16.8 Å². The van der Waals surface area contributed by atoms with Crippen molar-refractivity contribution in [3.05, 3.63) is 121 Å². The van der Waals surface area contributed by atoms with Gasteiger partial charge in [-0.1, -0.05) is 42.5 Å². The van der Waals surface area contributed by atoms with Crippen LogP contribution in [0.2, 0.25) is 0 Å². The lowest BCUT2D eigenvalue weighted by atomic mass is 9.95. The maximum Gasteiger partial charge on any atom is 0.416 e. The Hall–Kier alpha value is -5.18. The van der Waals surface area contributed by atoms with Crippen LogP contribution in [0.3, 0.4) is 0 Å². The maximum absolute atomic E-state index is 13.4. The van der Waals surface area contributed by atoms with Gasteiger partial charge in [0.1, 0.15) is 5.58 Å². The molecule has 0 unspecified atom stereocenters. The smallest absolute Gasteiger partial charge is 0.416 e. The summed E-state index contributed by atoms with van der Waals surface area (Å²) in [6.45, 7) is 0. The molecule has 7 aromatic rings. The predicted octanol–water partition coefficient (Wildman–Crippen LogP) is 10.6. The molecule has 3 heterocycles. The van der Waals surface area contributed by atoms with E-state index in [1.807, 2.05) is 60.7 Å². The van der Waals surface area contributed by atoms with Crippen LogP contribution in [0.25, 0.3) is 66.4 Å². The second-order valence-electron chi connectivity index (χ2n) is 10.1. The number of para-hydroxylation sites is 1. The standard InChI is InChI=1S/C34H18F6N2O/c35-33(36,37)25-15-24(16-26(17-25)34(38,39)40)21-9-7-19-6-8-20(13-23(19)14-21)22-10-11-30(42-18-22)29-4-1-3-27-28-5-2-12-41-32(28)43-31(27)29/h1-18H. The maximum atomic E-state index is 13.4. The minimum Gasteiger partial charge on any atom is -0.437 e. The third-order valence-corrected chi connectivity index (χ3v) is 7.41. The van der Waals surface area contributed by atoms with Gasteiger partial charge in [0.25, 0.3) is 0 Å². The fraction of sp³-hybridized carbons (Fsp3) is 0.0588. The largest absolute Gasteiger partial charge is 0.437 e. The normalized spacial score (nSPS) is 12.4. The van der Waals surface area contributed by atoms with Crippen LogP contribution in [0, 0.1) is 0 Å². The summed E-state index contributed by atoms with van der Waals surface area (Å²) < 4.78 is 86.6. The topological polar surface area (TPSA) is 38.9 Å². The predicted molar refractivity (Wildman–Crippen MR) is 153 cm³/mol. The summed E-state index contributed by atoms with van der Waals surface area (Å²) in [5.74, 6) is 0. The van der Waals surface area contributed by atoms with Crippen molar-refractivity contribution >= 4 is 32.8 Å². The fourth-order valence-corrected chi connectivity index (χ4v) is 5.29. The molecule has 0 N–H and O–H groups in total. The van der Waals surface area contributed by atoms with Gasteiger partial charge in [0.15, 0.2) is 0 Å². The number of hydrogen-bond donors (Lipinski definition) is 0. The number of benzene rings is 4. The fourth-order valence-electron chi connectivity index (χ4n) is 5.29. The highest BCUT2D eigenvalue weighted by atomic mass is 19.4. The first-order valence-electron chi connectivity index (χ1n) is 13.1. The molecule has 212 valence electrons. The van der Waals surface area contributed by atoms with Gasteiger partial charge in [0.2, 0.25) is 5.71 Å². The zero-order chi connectivity index (χ0) is 29.9. The minimum absolute atomic E-state index is 0.130. The van der Waals surface area contributed by atoms with Crippen molar-refractivity contribution < 1.29 is 30.8 Å². The molecule has 0 aliphatic heterocycles. The van der Waals surface area contributed by atoms with E-state index in [2.05, 4.69) is 9.97 Å². The van der Waals surface area contributed by atoms with Gasteiger partial charge < -0.3 is 4.42 Å². The Kier molecular flexibility index (Phi) is 6.02. The number of alkyl halides is 6. The molecule has 0 radical (unpaired) electrons. The van der Waals surface area contributed by atoms with Crippen LogP contribution < -0.4 is 0 Å². The monoisotopic (exact) mass is 584 g/mol. The number of hydrogen-bond acceptors (Lipinski definition) is 3. The zero-order valence-electron chi connectivity index (χ0n) is 22.0. The number of rotatable bonds is 3. The SMILES string of the molecule is FC(F)(F)c1cc(-c2ccc3ccc(-c4ccc(-c5cccc6c5oc5ncccc56)nc4)cc3c2)cc(C(F)(F)F)c1. The number of aromatic nitrogens is 2. The Morgan fingerprint density at radius 3 is 1.84 bits per heavy atom.